The SMILES string of the molecule is CCCNc1cc(Nc2ccc(-n3ccnc3)cc2)nc(N)n1. The molecule has 2 heterocycles. The second-order valence-electron chi connectivity index (χ2n) is 5.07. The summed E-state index contributed by atoms with van der Waals surface area (Å²) in [5, 5.41) is 6.45. The van der Waals surface area contributed by atoms with Gasteiger partial charge in [-0.25, -0.2) is 4.98 Å². The van der Waals surface area contributed by atoms with Crippen LogP contribution < -0.4 is 16.4 Å². The summed E-state index contributed by atoms with van der Waals surface area (Å²) in [5.41, 5.74) is 7.73. The molecule has 0 bridgehead atoms. The minimum absolute atomic E-state index is 0.239. The Labute approximate surface area is 134 Å². The molecule has 1 aromatic carbocycles. The maximum Gasteiger partial charge on any atom is 0.223 e. The molecule has 0 saturated carbocycles. The highest BCUT2D eigenvalue weighted by Crippen LogP contribution is 2.19. The molecule has 7 nitrogen and oxygen atoms in total. The number of rotatable bonds is 6. The van der Waals surface area contributed by atoms with E-state index in [4.69, 9.17) is 5.73 Å². The van der Waals surface area contributed by atoms with Crippen molar-refractivity contribution in [2.24, 2.45) is 0 Å². The Kier molecular flexibility index (Phi) is 4.37. The summed E-state index contributed by atoms with van der Waals surface area (Å²) in [6, 6.07) is 9.81. The topological polar surface area (TPSA) is 93.7 Å². The largest absolute Gasteiger partial charge is 0.370 e. The lowest BCUT2D eigenvalue weighted by molar-refractivity contribution is 0.967. The fourth-order valence-corrected chi connectivity index (χ4v) is 2.15. The molecule has 3 rings (SSSR count). The van der Waals surface area contributed by atoms with Crippen molar-refractivity contribution in [2.45, 2.75) is 13.3 Å². The predicted octanol–water partition coefficient (Wildman–Crippen LogP) is 2.81. The first-order valence-electron chi connectivity index (χ1n) is 7.48. The number of nitrogens with two attached hydrogens (primary N) is 1. The summed E-state index contributed by atoms with van der Waals surface area (Å²) in [4.78, 5) is 12.4. The Bertz CT molecular complexity index is 751. The highest BCUT2D eigenvalue weighted by molar-refractivity contribution is 5.61. The Morgan fingerprint density at radius 1 is 1.13 bits per heavy atom. The van der Waals surface area contributed by atoms with Gasteiger partial charge in [0.25, 0.3) is 0 Å². The van der Waals surface area contributed by atoms with Crippen molar-refractivity contribution in [3.63, 3.8) is 0 Å². The van der Waals surface area contributed by atoms with E-state index < -0.39 is 0 Å². The fraction of sp³-hybridized carbons (Fsp3) is 0.188. The summed E-state index contributed by atoms with van der Waals surface area (Å²) in [5.74, 6) is 1.62. The van der Waals surface area contributed by atoms with Gasteiger partial charge in [-0.15, -0.1) is 0 Å². The molecular weight excluding hydrogens is 290 g/mol. The average molecular weight is 309 g/mol. The Morgan fingerprint density at radius 3 is 2.61 bits per heavy atom. The molecule has 0 amide bonds. The molecule has 2 aromatic heterocycles. The van der Waals surface area contributed by atoms with Gasteiger partial charge in [0, 0.05) is 36.4 Å². The smallest absolute Gasteiger partial charge is 0.223 e. The molecule has 0 spiro atoms. The van der Waals surface area contributed by atoms with Crippen LogP contribution in [0.2, 0.25) is 0 Å². The number of aromatic nitrogens is 4. The van der Waals surface area contributed by atoms with Gasteiger partial charge in [0.1, 0.15) is 11.6 Å². The molecule has 23 heavy (non-hydrogen) atoms. The maximum atomic E-state index is 5.76. The van der Waals surface area contributed by atoms with E-state index in [0.717, 1.165) is 30.2 Å². The minimum Gasteiger partial charge on any atom is -0.370 e. The van der Waals surface area contributed by atoms with E-state index in [2.05, 4.69) is 32.5 Å². The van der Waals surface area contributed by atoms with Crippen LogP contribution in [0.4, 0.5) is 23.3 Å². The minimum atomic E-state index is 0.239. The van der Waals surface area contributed by atoms with Gasteiger partial charge in [0.2, 0.25) is 5.95 Å². The van der Waals surface area contributed by atoms with Crippen LogP contribution >= 0.6 is 0 Å². The molecule has 0 aliphatic heterocycles. The van der Waals surface area contributed by atoms with Crippen LogP contribution in [0.1, 0.15) is 13.3 Å². The summed E-state index contributed by atoms with van der Waals surface area (Å²) in [6.07, 6.45) is 6.43. The average Bonchev–Trinajstić information content (AvgIpc) is 3.07. The van der Waals surface area contributed by atoms with Crippen LogP contribution in [0.15, 0.2) is 49.1 Å². The van der Waals surface area contributed by atoms with E-state index in [1.807, 2.05) is 41.1 Å². The normalized spacial score (nSPS) is 10.5. The van der Waals surface area contributed by atoms with Crippen LogP contribution in [0.5, 0.6) is 0 Å². The lowest BCUT2D eigenvalue weighted by Gasteiger charge is -2.10. The van der Waals surface area contributed by atoms with Gasteiger partial charge in [-0.1, -0.05) is 6.92 Å². The first-order chi connectivity index (χ1) is 11.2. The molecule has 0 fully saturated rings. The van der Waals surface area contributed by atoms with Crippen molar-refractivity contribution in [1.29, 1.82) is 0 Å². The molecular formula is C16H19N7. The summed E-state index contributed by atoms with van der Waals surface area (Å²) in [7, 11) is 0. The molecule has 0 aliphatic rings. The van der Waals surface area contributed by atoms with E-state index in [9.17, 15) is 0 Å². The van der Waals surface area contributed by atoms with Gasteiger partial charge in [0.15, 0.2) is 0 Å². The Morgan fingerprint density at radius 2 is 1.91 bits per heavy atom. The van der Waals surface area contributed by atoms with Crippen molar-refractivity contribution in [2.75, 3.05) is 22.9 Å². The monoisotopic (exact) mass is 309 g/mol. The number of benzene rings is 1. The lowest BCUT2D eigenvalue weighted by atomic mass is 10.2. The molecule has 0 atom stereocenters. The number of hydrogen-bond donors (Lipinski definition) is 3. The fourth-order valence-electron chi connectivity index (χ4n) is 2.15. The number of anilines is 4. The van der Waals surface area contributed by atoms with Gasteiger partial charge in [-0.05, 0) is 30.7 Å². The third-order valence-corrected chi connectivity index (χ3v) is 3.24. The first-order valence-corrected chi connectivity index (χ1v) is 7.48. The second-order valence-corrected chi connectivity index (χ2v) is 5.07. The Balaban J connectivity index is 1.75. The van der Waals surface area contributed by atoms with Crippen LogP contribution in [0.3, 0.4) is 0 Å². The molecule has 0 aliphatic carbocycles. The molecule has 3 aromatic rings. The number of hydrogen-bond acceptors (Lipinski definition) is 6. The van der Waals surface area contributed by atoms with Crippen molar-refractivity contribution >= 4 is 23.3 Å². The van der Waals surface area contributed by atoms with Crippen molar-refractivity contribution in [1.82, 2.24) is 19.5 Å². The zero-order valence-corrected chi connectivity index (χ0v) is 12.9. The van der Waals surface area contributed by atoms with Gasteiger partial charge in [-0.2, -0.15) is 9.97 Å². The highest BCUT2D eigenvalue weighted by atomic mass is 15.1. The predicted molar refractivity (Wildman–Crippen MR) is 92.1 cm³/mol. The summed E-state index contributed by atoms with van der Waals surface area (Å²) >= 11 is 0. The standard InChI is InChI=1S/C16H19N7/c1-2-7-19-14-10-15(22-16(17)21-14)20-12-3-5-13(6-4-12)23-9-8-18-11-23/h3-6,8-11H,2,7H2,1H3,(H4,17,19,20,21,22). The number of nitrogens with one attached hydrogen (secondary N) is 2. The third kappa shape index (κ3) is 3.76. The van der Waals surface area contributed by atoms with E-state index in [1.54, 1.807) is 12.5 Å². The molecule has 118 valence electrons. The molecule has 0 saturated heterocycles. The lowest BCUT2D eigenvalue weighted by Crippen LogP contribution is -2.06. The number of nitrogens with zero attached hydrogens (tertiary/aromatic N) is 4. The van der Waals surface area contributed by atoms with Crippen LogP contribution in [-0.2, 0) is 0 Å². The Hall–Kier alpha value is -3.09. The van der Waals surface area contributed by atoms with Crippen LogP contribution in [-0.4, -0.2) is 26.1 Å². The van der Waals surface area contributed by atoms with Gasteiger partial charge < -0.3 is 20.9 Å². The third-order valence-electron chi connectivity index (χ3n) is 3.24. The van der Waals surface area contributed by atoms with Crippen molar-refractivity contribution < 1.29 is 0 Å². The zero-order chi connectivity index (χ0) is 16.1. The number of nitrogen functional groups attached to an aromatic ring is 1. The maximum absolute atomic E-state index is 5.76. The van der Waals surface area contributed by atoms with Crippen LogP contribution in [0.25, 0.3) is 5.69 Å². The second kappa shape index (κ2) is 6.78. The zero-order valence-electron chi connectivity index (χ0n) is 12.9. The van der Waals surface area contributed by atoms with E-state index in [-0.39, 0.29) is 5.95 Å². The molecule has 0 unspecified atom stereocenters. The van der Waals surface area contributed by atoms with Crippen LogP contribution in [0, 0.1) is 0 Å². The van der Waals surface area contributed by atoms with Crippen molar-refractivity contribution in [3.8, 4) is 5.69 Å². The van der Waals surface area contributed by atoms with Gasteiger partial charge in [0.05, 0.1) is 6.33 Å². The van der Waals surface area contributed by atoms with E-state index >= 15 is 0 Å². The van der Waals surface area contributed by atoms with Gasteiger partial charge in [-0.3, -0.25) is 0 Å². The van der Waals surface area contributed by atoms with Gasteiger partial charge >= 0.3 is 0 Å². The molecule has 4 N–H and O–H groups in total. The molecule has 0 radical (unpaired) electrons. The molecule has 7 heteroatoms. The van der Waals surface area contributed by atoms with E-state index in [1.165, 1.54) is 0 Å². The van der Waals surface area contributed by atoms with Crippen molar-refractivity contribution in [3.05, 3.63) is 49.1 Å². The number of imidazole rings is 1. The summed E-state index contributed by atoms with van der Waals surface area (Å²) < 4.78 is 1.94. The highest BCUT2D eigenvalue weighted by Gasteiger charge is 2.03. The summed E-state index contributed by atoms with van der Waals surface area (Å²) in [6.45, 7) is 2.94. The quantitative estimate of drug-likeness (QED) is 0.648. The first kappa shape index (κ1) is 14.8. The van der Waals surface area contributed by atoms with E-state index in [0.29, 0.717) is 5.82 Å².